The molecule has 188 valence electrons. The minimum absolute atomic E-state index is 0.00195. The minimum atomic E-state index is -4.67. The molecule has 3 rings (SSSR count). The largest absolute Gasteiger partial charge is 0.421 e. The second-order valence-corrected chi connectivity index (χ2v) is 10.4. The fourth-order valence-electron chi connectivity index (χ4n) is 3.25. The zero-order valence-corrected chi connectivity index (χ0v) is 20.4. The second-order valence-electron chi connectivity index (χ2n) is 8.41. The number of nitrogens with zero attached hydrogens (tertiary/aromatic N) is 3. The molecule has 0 aliphatic heterocycles. The molecule has 1 aromatic carbocycles. The van der Waals surface area contributed by atoms with E-state index in [9.17, 15) is 26.4 Å². The van der Waals surface area contributed by atoms with E-state index in [1.165, 1.54) is 29.9 Å². The molecule has 12 heteroatoms. The quantitative estimate of drug-likeness (QED) is 0.482. The van der Waals surface area contributed by atoms with Gasteiger partial charge in [0.15, 0.2) is 15.5 Å². The molecule has 0 unspecified atom stereocenters. The van der Waals surface area contributed by atoms with Gasteiger partial charge >= 0.3 is 6.18 Å². The van der Waals surface area contributed by atoms with Crippen molar-refractivity contribution in [3.05, 3.63) is 65.0 Å². The molecular weight excluding hydrogens is 485 g/mol. The van der Waals surface area contributed by atoms with Crippen molar-refractivity contribution < 1.29 is 31.1 Å². The highest BCUT2D eigenvalue weighted by atomic mass is 32.2. The first-order valence-corrected chi connectivity index (χ1v) is 12.5. The first kappa shape index (κ1) is 26.2. The van der Waals surface area contributed by atoms with E-state index in [0.29, 0.717) is 12.1 Å². The summed E-state index contributed by atoms with van der Waals surface area (Å²) < 4.78 is 70.3. The lowest BCUT2D eigenvalue weighted by Gasteiger charge is -2.14. The highest BCUT2D eigenvalue weighted by Gasteiger charge is 2.36. The van der Waals surface area contributed by atoms with Crippen LogP contribution in [0.1, 0.15) is 41.0 Å². The van der Waals surface area contributed by atoms with E-state index in [4.69, 9.17) is 4.74 Å². The monoisotopic (exact) mass is 510 g/mol. The molecule has 0 saturated heterocycles. The molecule has 8 nitrogen and oxygen atoms in total. The zero-order chi connectivity index (χ0) is 26.0. The van der Waals surface area contributed by atoms with Gasteiger partial charge in [-0.1, -0.05) is 26.0 Å². The Morgan fingerprint density at radius 3 is 2.40 bits per heavy atom. The summed E-state index contributed by atoms with van der Waals surface area (Å²) in [7, 11) is -3.34. The number of ether oxygens (including phenoxy) is 1. The summed E-state index contributed by atoms with van der Waals surface area (Å²) in [5, 5.41) is 6.98. The first-order chi connectivity index (χ1) is 16.3. The molecule has 0 atom stereocenters. The molecule has 1 amide bonds. The van der Waals surface area contributed by atoms with Gasteiger partial charge in [0.2, 0.25) is 11.8 Å². The Balaban J connectivity index is 1.87. The Morgan fingerprint density at radius 1 is 1.17 bits per heavy atom. The van der Waals surface area contributed by atoms with Crippen LogP contribution in [0, 0.1) is 12.8 Å². The molecule has 0 fully saturated rings. The summed E-state index contributed by atoms with van der Waals surface area (Å²) in [6.45, 7) is 5.70. The van der Waals surface area contributed by atoms with Gasteiger partial charge in [-0.3, -0.25) is 4.79 Å². The maximum absolute atomic E-state index is 13.4. The van der Waals surface area contributed by atoms with Crippen molar-refractivity contribution in [2.24, 2.45) is 5.92 Å². The molecule has 35 heavy (non-hydrogen) atoms. The summed E-state index contributed by atoms with van der Waals surface area (Å²) in [6, 6.07) is 8.07. The average Bonchev–Trinajstić information content (AvgIpc) is 3.06. The maximum Gasteiger partial charge on any atom is 0.421 e. The van der Waals surface area contributed by atoms with Crippen molar-refractivity contribution in [2.75, 3.05) is 6.26 Å². The van der Waals surface area contributed by atoms with Crippen LogP contribution in [0.3, 0.4) is 0 Å². The fourth-order valence-corrected chi connectivity index (χ4v) is 3.88. The third-order valence-corrected chi connectivity index (χ3v) is 6.09. The van der Waals surface area contributed by atoms with Crippen LogP contribution in [-0.4, -0.2) is 35.3 Å². The second kappa shape index (κ2) is 10.1. The van der Waals surface area contributed by atoms with Gasteiger partial charge in [0.25, 0.3) is 5.91 Å². The number of carbonyl (C=O) groups excluding carboxylic acids is 1. The number of nitrogens with one attached hydrogen (secondary N) is 1. The highest BCUT2D eigenvalue weighted by molar-refractivity contribution is 7.90. The van der Waals surface area contributed by atoms with Gasteiger partial charge in [0, 0.05) is 31.1 Å². The van der Waals surface area contributed by atoms with Gasteiger partial charge in [-0.15, -0.1) is 0 Å². The van der Waals surface area contributed by atoms with E-state index in [0.717, 1.165) is 18.4 Å². The van der Waals surface area contributed by atoms with Crippen LogP contribution >= 0.6 is 0 Å². The molecule has 0 aliphatic carbocycles. The third kappa shape index (κ3) is 6.38. The smallest absolute Gasteiger partial charge is 0.420 e. The highest BCUT2D eigenvalue weighted by Crippen LogP contribution is 2.37. The van der Waals surface area contributed by atoms with Gasteiger partial charge in [-0.2, -0.15) is 18.3 Å². The molecule has 0 spiro atoms. The van der Waals surface area contributed by atoms with Crippen LogP contribution in [0.2, 0.25) is 0 Å². The first-order valence-electron chi connectivity index (χ1n) is 10.6. The Morgan fingerprint density at radius 2 is 1.83 bits per heavy atom. The predicted molar refractivity (Wildman–Crippen MR) is 122 cm³/mol. The number of alkyl halides is 3. The topological polar surface area (TPSA) is 103 Å². The zero-order valence-electron chi connectivity index (χ0n) is 19.5. The van der Waals surface area contributed by atoms with Crippen LogP contribution in [0.5, 0.6) is 11.8 Å². The molecule has 0 bridgehead atoms. The van der Waals surface area contributed by atoms with E-state index in [-0.39, 0.29) is 34.5 Å². The fraction of sp³-hybridized carbons (Fsp3) is 0.348. The third-order valence-electron chi connectivity index (χ3n) is 4.96. The van der Waals surface area contributed by atoms with E-state index in [1.807, 2.05) is 13.8 Å². The van der Waals surface area contributed by atoms with Crippen molar-refractivity contribution >= 4 is 15.7 Å². The summed E-state index contributed by atoms with van der Waals surface area (Å²) >= 11 is 0. The summed E-state index contributed by atoms with van der Waals surface area (Å²) in [6.07, 6.45) is -2.39. The van der Waals surface area contributed by atoms with Gasteiger partial charge in [0.05, 0.1) is 4.90 Å². The van der Waals surface area contributed by atoms with Crippen LogP contribution in [0.4, 0.5) is 13.2 Å². The number of sulfone groups is 1. The van der Waals surface area contributed by atoms with Gasteiger partial charge in [0.1, 0.15) is 5.56 Å². The Bertz CT molecular complexity index is 1320. The standard InChI is InChI=1S/C23H25F3N4O4S/c1-14(2)13-30-22(34-21-18(23(24,25)26)6-5-11-27-21)15(3)19(29-30)20(31)28-12-16-7-9-17(10-8-16)35(4,32)33/h5-11,14H,12-13H2,1-4H3,(H,28,31). The summed E-state index contributed by atoms with van der Waals surface area (Å²) in [5.74, 6) is -1.14. The Labute approximate surface area is 201 Å². The number of aromatic nitrogens is 3. The van der Waals surface area contributed by atoms with Crippen LogP contribution < -0.4 is 10.1 Å². The molecule has 0 saturated carbocycles. The van der Waals surface area contributed by atoms with Gasteiger partial charge in [-0.25, -0.2) is 18.1 Å². The van der Waals surface area contributed by atoms with Crippen molar-refractivity contribution in [1.82, 2.24) is 20.1 Å². The number of hydrogen-bond donors (Lipinski definition) is 1. The van der Waals surface area contributed by atoms with E-state index < -0.39 is 33.4 Å². The van der Waals surface area contributed by atoms with Crippen molar-refractivity contribution in [2.45, 2.75) is 44.9 Å². The molecule has 1 N–H and O–H groups in total. The molecule has 2 heterocycles. The summed E-state index contributed by atoms with van der Waals surface area (Å²) in [4.78, 5) is 16.7. The van der Waals surface area contributed by atoms with Crippen molar-refractivity contribution in [3.63, 3.8) is 0 Å². The number of rotatable bonds is 8. The molecule has 0 aliphatic rings. The van der Waals surface area contributed by atoms with E-state index >= 15 is 0 Å². The number of amides is 1. The SMILES string of the molecule is Cc1c(C(=O)NCc2ccc(S(C)(=O)=O)cc2)nn(CC(C)C)c1Oc1ncccc1C(F)(F)F. The minimum Gasteiger partial charge on any atom is -0.420 e. The summed E-state index contributed by atoms with van der Waals surface area (Å²) in [5.41, 5.74) is -0.128. The Hall–Kier alpha value is -3.41. The van der Waals surface area contributed by atoms with Crippen molar-refractivity contribution in [1.29, 1.82) is 0 Å². The normalized spacial score (nSPS) is 12.1. The predicted octanol–water partition coefficient (Wildman–Crippen LogP) is 4.39. The number of carbonyl (C=O) groups is 1. The van der Waals surface area contributed by atoms with Gasteiger partial charge in [-0.05, 0) is 42.7 Å². The van der Waals surface area contributed by atoms with E-state index in [1.54, 1.807) is 12.1 Å². The van der Waals surface area contributed by atoms with Gasteiger partial charge < -0.3 is 10.1 Å². The molecule has 3 aromatic rings. The van der Waals surface area contributed by atoms with E-state index in [2.05, 4.69) is 15.4 Å². The number of pyridine rings is 1. The Kier molecular flexibility index (Phi) is 7.53. The lowest BCUT2D eigenvalue weighted by molar-refractivity contribution is -0.138. The van der Waals surface area contributed by atoms with Crippen LogP contribution in [0.25, 0.3) is 0 Å². The lowest BCUT2D eigenvalue weighted by Crippen LogP contribution is -2.24. The van der Waals surface area contributed by atoms with Crippen LogP contribution in [-0.2, 0) is 29.1 Å². The number of benzene rings is 1. The molecular formula is C23H25F3N4O4S. The molecule has 2 aromatic heterocycles. The van der Waals surface area contributed by atoms with Crippen LogP contribution in [0.15, 0.2) is 47.5 Å². The lowest BCUT2D eigenvalue weighted by atomic mass is 10.2. The number of halogens is 3. The molecule has 0 radical (unpaired) electrons. The maximum atomic E-state index is 13.4. The van der Waals surface area contributed by atoms with Crippen molar-refractivity contribution in [3.8, 4) is 11.8 Å². The average molecular weight is 511 g/mol. The number of hydrogen-bond acceptors (Lipinski definition) is 6.